The van der Waals surface area contributed by atoms with Crippen LogP contribution in [-0.4, -0.2) is 47.0 Å². The highest BCUT2D eigenvalue weighted by atomic mass is 19.4. The molecule has 0 radical (unpaired) electrons. The predicted octanol–water partition coefficient (Wildman–Crippen LogP) is -0.215. The minimum absolute atomic E-state index is 0.530. The Bertz CT molecular complexity index is 287. The lowest BCUT2D eigenvalue weighted by atomic mass is 9.90. The van der Waals surface area contributed by atoms with Gasteiger partial charge in [0.25, 0.3) is 0 Å². The Kier molecular flexibility index (Phi) is 5.36. The molecule has 100 valence electrons. The van der Waals surface area contributed by atoms with Crippen molar-refractivity contribution in [2.24, 2.45) is 5.73 Å². The van der Waals surface area contributed by atoms with E-state index in [4.69, 9.17) is 20.7 Å². The highest BCUT2D eigenvalue weighted by Gasteiger charge is 2.38. The number of carbonyl (C=O) groups is 2. The molecule has 0 amide bonds. The van der Waals surface area contributed by atoms with E-state index >= 15 is 0 Å². The molecular weight excluding hydrogens is 245 g/mol. The molecule has 1 aliphatic rings. The van der Waals surface area contributed by atoms with Crippen LogP contribution >= 0.6 is 0 Å². The van der Waals surface area contributed by atoms with Gasteiger partial charge in [-0.05, 0) is 25.9 Å². The van der Waals surface area contributed by atoms with E-state index in [9.17, 15) is 18.0 Å². The van der Waals surface area contributed by atoms with Crippen LogP contribution in [0.5, 0.6) is 0 Å². The molecule has 0 aromatic heterocycles. The van der Waals surface area contributed by atoms with Crippen molar-refractivity contribution in [3.8, 4) is 0 Å². The fraction of sp³-hybridized carbons (Fsp3) is 0.750. The van der Waals surface area contributed by atoms with E-state index in [1.54, 1.807) is 0 Å². The summed E-state index contributed by atoms with van der Waals surface area (Å²) in [5, 5.41) is 18.8. The zero-order valence-electron chi connectivity index (χ0n) is 8.75. The van der Waals surface area contributed by atoms with Crippen LogP contribution in [0.1, 0.15) is 12.8 Å². The van der Waals surface area contributed by atoms with Gasteiger partial charge in [-0.25, -0.2) is 4.79 Å². The van der Waals surface area contributed by atoms with E-state index in [0.29, 0.717) is 25.9 Å². The first-order valence-electron chi connectivity index (χ1n) is 4.63. The molecule has 1 fully saturated rings. The van der Waals surface area contributed by atoms with Crippen LogP contribution in [0.15, 0.2) is 0 Å². The fourth-order valence-electron chi connectivity index (χ4n) is 1.09. The highest BCUT2D eigenvalue weighted by molar-refractivity contribution is 5.78. The van der Waals surface area contributed by atoms with Gasteiger partial charge in [-0.1, -0.05) is 0 Å². The number of hydrogen-bond acceptors (Lipinski definition) is 4. The van der Waals surface area contributed by atoms with Crippen LogP contribution in [0, 0.1) is 0 Å². The smallest absolute Gasteiger partial charge is 0.480 e. The van der Waals surface area contributed by atoms with Crippen LogP contribution in [0.4, 0.5) is 13.2 Å². The Morgan fingerprint density at radius 3 is 1.71 bits per heavy atom. The molecule has 17 heavy (non-hydrogen) atoms. The Morgan fingerprint density at radius 2 is 1.53 bits per heavy atom. The van der Waals surface area contributed by atoms with Crippen molar-refractivity contribution in [2.45, 2.75) is 24.6 Å². The van der Waals surface area contributed by atoms with Crippen molar-refractivity contribution in [3.63, 3.8) is 0 Å². The Labute approximate surface area is 94.6 Å². The van der Waals surface area contributed by atoms with E-state index in [-0.39, 0.29) is 0 Å². The number of halogens is 3. The largest absolute Gasteiger partial charge is 0.490 e. The zero-order chi connectivity index (χ0) is 13.7. The summed E-state index contributed by atoms with van der Waals surface area (Å²) in [4.78, 5) is 19.4. The average molecular weight is 258 g/mol. The number of alkyl halides is 3. The SMILES string of the molecule is NC1(C(=O)O)CCNCC1.O=C(O)C(F)(F)F. The maximum atomic E-state index is 10.6. The van der Waals surface area contributed by atoms with Gasteiger partial charge in [0, 0.05) is 0 Å². The Morgan fingerprint density at radius 1 is 1.18 bits per heavy atom. The summed E-state index contributed by atoms with van der Waals surface area (Å²) in [5.41, 5.74) is 4.60. The molecule has 0 saturated carbocycles. The third-order valence-electron chi connectivity index (χ3n) is 2.16. The van der Waals surface area contributed by atoms with Crippen LogP contribution < -0.4 is 11.1 Å². The predicted molar refractivity (Wildman–Crippen MR) is 50.3 cm³/mol. The van der Waals surface area contributed by atoms with Crippen molar-refractivity contribution in [1.29, 1.82) is 0 Å². The van der Waals surface area contributed by atoms with E-state index in [0.717, 1.165) is 0 Å². The summed E-state index contributed by atoms with van der Waals surface area (Å²) in [6, 6.07) is 0. The zero-order valence-corrected chi connectivity index (χ0v) is 8.75. The van der Waals surface area contributed by atoms with E-state index in [2.05, 4.69) is 5.32 Å². The van der Waals surface area contributed by atoms with Crippen LogP contribution in [0.3, 0.4) is 0 Å². The second kappa shape index (κ2) is 5.82. The molecule has 0 unspecified atom stereocenters. The maximum Gasteiger partial charge on any atom is 0.490 e. The van der Waals surface area contributed by atoms with Crippen molar-refractivity contribution >= 4 is 11.9 Å². The van der Waals surface area contributed by atoms with Gasteiger partial charge in [-0.15, -0.1) is 0 Å². The summed E-state index contributed by atoms with van der Waals surface area (Å²) >= 11 is 0. The van der Waals surface area contributed by atoms with Crippen molar-refractivity contribution in [3.05, 3.63) is 0 Å². The van der Waals surface area contributed by atoms with Gasteiger partial charge in [0.2, 0.25) is 0 Å². The molecule has 5 N–H and O–H groups in total. The molecule has 0 aromatic rings. The third kappa shape index (κ3) is 5.50. The standard InChI is InChI=1S/C6H12N2O2.C2HF3O2/c7-6(5(9)10)1-3-8-4-2-6;3-2(4,5)1(6)7/h8H,1-4,7H2,(H,9,10);(H,6,7). The summed E-state index contributed by atoms with van der Waals surface area (Å²) in [6.07, 6.45) is -4.02. The van der Waals surface area contributed by atoms with E-state index in [1.165, 1.54) is 0 Å². The first kappa shape index (κ1) is 15.7. The topological polar surface area (TPSA) is 113 Å². The Hall–Kier alpha value is -1.35. The fourth-order valence-corrected chi connectivity index (χ4v) is 1.09. The molecule has 0 aliphatic carbocycles. The molecule has 0 atom stereocenters. The van der Waals surface area contributed by atoms with Crippen LogP contribution in [-0.2, 0) is 9.59 Å². The van der Waals surface area contributed by atoms with Crippen molar-refractivity contribution in [1.82, 2.24) is 5.32 Å². The van der Waals surface area contributed by atoms with E-state index < -0.39 is 23.7 Å². The van der Waals surface area contributed by atoms with Gasteiger partial charge >= 0.3 is 18.1 Å². The van der Waals surface area contributed by atoms with E-state index in [1.807, 2.05) is 0 Å². The molecule has 0 spiro atoms. The second-order valence-corrected chi connectivity index (χ2v) is 3.51. The number of carboxylic acids is 2. The first-order valence-corrected chi connectivity index (χ1v) is 4.63. The minimum Gasteiger partial charge on any atom is -0.480 e. The molecule has 9 heteroatoms. The summed E-state index contributed by atoms with van der Waals surface area (Å²) < 4.78 is 31.7. The summed E-state index contributed by atoms with van der Waals surface area (Å²) in [7, 11) is 0. The number of nitrogens with one attached hydrogen (secondary N) is 1. The van der Waals surface area contributed by atoms with Gasteiger partial charge in [-0.2, -0.15) is 13.2 Å². The lowest BCUT2D eigenvalue weighted by Crippen LogP contribution is -2.54. The number of rotatable bonds is 1. The average Bonchev–Trinajstić information content (AvgIpc) is 2.18. The number of carboxylic acid groups (broad SMARTS) is 2. The maximum absolute atomic E-state index is 10.6. The van der Waals surface area contributed by atoms with Crippen LogP contribution in [0.25, 0.3) is 0 Å². The molecular formula is C8H13F3N2O4. The molecule has 1 heterocycles. The third-order valence-corrected chi connectivity index (χ3v) is 2.16. The normalized spacial score (nSPS) is 18.8. The van der Waals surface area contributed by atoms with Crippen molar-refractivity contribution < 1.29 is 33.0 Å². The minimum atomic E-state index is -5.08. The first-order chi connectivity index (χ1) is 7.59. The molecule has 6 nitrogen and oxygen atoms in total. The number of hydrogen-bond donors (Lipinski definition) is 4. The number of piperidine rings is 1. The molecule has 0 bridgehead atoms. The van der Waals surface area contributed by atoms with Crippen molar-refractivity contribution in [2.75, 3.05) is 13.1 Å². The molecule has 1 aliphatic heterocycles. The molecule has 1 saturated heterocycles. The second-order valence-electron chi connectivity index (χ2n) is 3.51. The lowest BCUT2D eigenvalue weighted by Gasteiger charge is -2.29. The molecule has 0 aromatic carbocycles. The highest BCUT2D eigenvalue weighted by Crippen LogP contribution is 2.14. The van der Waals surface area contributed by atoms with Gasteiger partial charge in [0.05, 0.1) is 0 Å². The Balaban J connectivity index is 0.000000325. The number of aliphatic carboxylic acids is 2. The number of nitrogens with two attached hydrogens (primary N) is 1. The quantitative estimate of drug-likeness (QED) is 0.517. The summed E-state index contributed by atoms with van der Waals surface area (Å²) in [6.45, 7) is 1.42. The van der Waals surface area contributed by atoms with Gasteiger partial charge in [0.1, 0.15) is 5.54 Å². The van der Waals surface area contributed by atoms with Gasteiger partial charge in [0.15, 0.2) is 0 Å². The van der Waals surface area contributed by atoms with Crippen LogP contribution in [0.2, 0.25) is 0 Å². The summed E-state index contributed by atoms with van der Waals surface area (Å²) in [5.74, 6) is -3.64. The van der Waals surface area contributed by atoms with Gasteiger partial charge < -0.3 is 21.3 Å². The lowest BCUT2D eigenvalue weighted by molar-refractivity contribution is -0.192. The molecule has 1 rings (SSSR count). The monoisotopic (exact) mass is 258 g/mol. The van der Waals surface area contributed by atoms with Gasteiger partial charge in [-0.3, -0.25) is 4.79 Å².